The Morgan fingerprint density at radius 3 is 2.81 bits per heavy atom. The molecule has 0 spiro atoms. The lowest BCUT2D eigenvalue weighted by molar-refractivity contribution is -0.143. The minimum Gasteiger partial charge on any atom is -0.426 e. The summed E-state index contributed by atoms with van der Waals surface area (Å²) in [5.41, 5.74) is 2.05. The van der Waals surface area contributed by atoms with Crippen molar-refractivity contribution >= 4 is 5.97 Å². The van der Waals surface area contributed by atoms with Crippen molar-refractivity contribution in [3.63, 3.8) is 0 Å². The molecule has 0 bridgehead atoms. The third kappa shape index (κ3) is 3.46. The largest absolute Gasteiger partial charge is 0.426 e. The van der Waals surface area contributed by atoms with E-state index in [9.17, 15) is 4.79 Å². The first-order valence-corrected chi connectivity index (χ1v) is 7.31. The first kappa shape index (κ1) is 15.6. The first-order chi connectivity index (χ1) is 9.82. The molecule has 0 N–H and O–H groups in total. The van der Waals surface area contributed by atoms with Gasteiger partial charge in [0.2, 0.25) is 0 Å². The Balaban J connectivity index is 2.21. The van der Waals surface area contributed by atoms with E-state index in [1.807, 2.05) is 40.0 Å². The third-order valence-electron chi connectivity index (χ3n) is 3.86. The molecular formula is C18H23NO2. The number of hydrogen-bond acceptors (Lipinski definition) is 3. The SMILES string of the molecule is C#CCN(C)[C@@H]1CCc2ccc(OC(=O)C(C)(C)C)cc21. The summed E-state index contributed by atoms with van der Waals surface area (Å²) in [5, 5.41) is 0. The first-order valence-electron chi connectivity index (χ1n) is 7.31. The van der Waals surface area contributed by atoms with Crippen LogP contribution in [-0.2, 0) is 11.2 Å². The van der Waals surface area contributed by atoms with Gasteiger partial charge in [-0.15, -0.1) is 6.42 Å². The molecule has 1 aliphatic rings. The van der Waals surface area contributed by atoms with Crippen LogP contribution in [0.2, 0.25) is 0 Å². The third-order valence-corrected chi connectivity index (χ3v) is 3.86. The lowest BCUT2D eigenvalue weighted by Gasteiger charge is -2.23. The molecule has 0 saturated heterocycles. The number of benzene rings is 1. The van der Waals surface area contributed by atoms with Crippen LogP contribution in [0.5, 0.6) is 5.75 Å². The summed E-state index contributed by atoms with van der Waals surface area (Å²) in [5.74, 6) is 3.09. The summed E-state index contributed by atoms with van der Waals surface area (Å²) >= 11 is 0. The molecule has 112 valence electrons. The van der Waals surface area contributed by atoms with Crippen LogP contribution in [0.3, 0.4) is 0 Å². The molecule has 1 aromatic carbocycles. The number of carbonyl (C=O) groups excluding carboxylic acids is 1. The summed E-state index contributed by atoms with van der Waals surface area (Å²) in [6.07, 6.45) is 7.50. The minimum absolute atomic E-state index is 0.214. The summed E-state index contributed by atoms with van der Waals surface area (Å²) in [6, 6.07) is 6.24. The Hall–Kier alpha value is -1.79. The Morgan fingerprint density at radius 2 is 2.19 bits per heavy atom. The van der Waals surface area contributed by atoms with E-state index < -0.39 is 5.41 Å². The second-order valence-electron chi connectivity index (χ2n) is 6.67. The van der Waals surface area contributed by atoms with Crippen LogP contribution in [0.25, 0.3) is 0 Å². The van der Waals surface area contributed by atoms with Gasteiger partial charge >= 0.3 is 5.97 Å². The highest BCUT2D eigenvalue weighted by molar-refractivity contribution is 5.77. The van der Waals surface area contributed by atoms with Crippen LogP contribution in [-0.4, -0.2) is 24.5 Å². The molecule has 0 saturated carbocycles. The quantitative estimate of drug-likeness (QED) is 0.485. The summed E-state index contributed by atoms with van der Waals surface area (Å²) < 4.78 is 5.49. The summed E-state index contributed by atoms with van der Waals surface area (Å²) in [6.45, 7) is 6.18. The van der Waals surface area contributed by atoms with Crippen molar-refractivity contribution < 1.29 is 9.53 Å². The fourth-order valence-electron chi connectivity index (χ4n) is 2.59. The zero-order valence-electron chi connectivity index (χ0n) is 13.3. The Kier molecular flexibility index (Phi) is 4.39. The smallest absolute Gasteiger partial charge is 0.316 e. The van der Waals surface area contributed by atoms with Crippen LogP contribution >= 0.6 is 0 Å². The molecule has 0 unspecified atom stereocenters. The standard InChI is InChI=1S/C18H23NO2/c1-6-11-19(5)16-10-8-13-7-9-14(12-15(13)16)21-17(20)18(2,3)4/h1,7,9,12,16H,8,10-11H2,2-5H3/t16-/m1/s1. The fraction of sp³-hybridized carbons (Fsp3) is 0.500. The van der Waals surface area contributed by atoms with Crippen molar-refractivity contribution in [1.82, 2.24) is 4.90 Å². The van der Waals surface area contributed by atoms with Gasteiger partial charge in [-0.1, -0.05) is 12.0 Å². The predicted octanol–water partition coefficient (Wildman–Crippen LogP) is 3.19. The molecule has 21 heavy (non-hydrogen) atoms. The second-order valence-corrected chi connectivity index (χ2v) is 6.67. The zero-order chi connectivity index (χ0) is 15.6. The minimum atomic E-state index is -0.501. The number of carbonyl (C=O) groups is 1. The molecule has 2 rings (SSSR count). The Bertz CT molecular complexity index is 578. The van der Waals surface area contributed by atoms with Crippen molar-refractivity contribution in [2.75, 3.05) is 13.6 Å². The van der Waals surface area contributed by atoms with E-state index in [-0.39, 0.29) is 5.97 Å². The number of terminal acetylenes is 1. The molecule has 0 heterocycles. The van der Waals surface area contributed by atoms with Crippen LogP contribution in [0, 0.1) is 17.8 Å². The zero-order valence-corrected chi connectivity index (χ0v) is 13.3. The van der Waals surface area contributed by atoms with Crippen molar-refractivity contribution in [2.45, 2.75) is 39.7 Å². The van der Waals surface area contributed by atoms with Crippen molar-refractivity contribution in [3.8, 4) is 18.1 Å². The van der Waals surface area contributed by atoms with Gasteiger partial charge in [-0.2, -0.15) is 0 Å². The van der Waals surface area contributed by atoms with E-state index in [0.717, 1.165) is 12.8 Å². The number of nitrogens with zero attached hydrogens (tertiary/aromatic N) is 1. The van der Waals surface area contributed by atoms with Crippen molar-refractivity contribution in [3.05, 3.63) is 29.3 Å². The van der Waals surface area contributed by atoms with Gasteiger partial charge in [0.05, 0.1) is 12.0 Å². The van der Waals surface area contributed by atoms with Gasteiger partial charge in [-0.25, -0.2) is 0 Å². The van der Waals surface area contributed by atoms with Crippen molar-refractivity contribution in [2.24, 2.45) is 5.41 Å². The van der Waals surface area contributed by atoms with E-state index in [4.69, 9.17) is 11.2 Å². The number of ether oxygens (including phenoxy) is 1. The molecular weight excluding hydrogens is 262 g/mol. The predicted molar refractivity (Wildman–Crippen MR) is 84.1 cm³/mol. The maximum atomic E-state index is 12.0. The summed E-state index contributed by atoms with van der Waals surface area (Å²) in [4.78, 5) is 14.2. The number of aryl methyl sites for hydroxylation is 1. The molecule has 0 aromatic heterocycles. The number of fused-ring (bicyclic) bond motifs is 1. The lowest BCUT2D eigenvalue weighted by atomic mass is 9.97. The average Bonchev–Trinajstić information content (AvgIpc) is 2.81. The molecule has 0 fully saturated rings. The van der Waals surface area contributed by atoms with Gasteiger partial charge in [0.15, 0.2) is 0 Å². The van der Waals surface area contributed by atoms with Crippen LogP contribution in [0.4, 0.5) is 0 Å². The van der Waals surface area contributed by atoms with Crippen LogP contribution in [0.1, 0.15) is 44.4 Å². The van der Waals surface area contributed by atoms with E-state index in [2.05, 4.69) is 16.9 Å². The number of esters is 1. The fourth-order valence-corrected chi connectivity index (χ4v) is 2.59. The highest BCUT2D eigenvalue weighted by Crippen LogP contribution is 2.37. The van der Waals surface area contributed by atoms with E-state index in [1.54, 1.807) is 0 Å². The molecule has 0 radical (unpaired) electrons. The highest BCUT2D eigenvalue weighted by atomic mass is 16.5. The Labute approximate surface area is 127 Å². The topological polar surface area (TPSA) is 29.5 Å². The molecule has 3 nitrogen and oxygen atoms in total. The number of hydrogen-bond donors (Lipinski definition) is 0. The molecule has 3 heteroatoms. The van der Waals surface area contributed by atoms with Gasteiger partial charge in [-0.3, -0.25) is 9.69 Å². The molecule has 0 amide bonds. The van der Waals surface area contributed by atoms with E-state index >= 15 is 0 Å². The van der Waals surface area contributed by atoms with Crippen LogP contribution in [0.15, 0.2) is 18.2 Å². The van der Waals surface area contributed by atoms with E-state index in [0.29, 0.717) is 18.3 Å². The average molecular weight is 285 g/mol. The van der Waals surface area contributed by atoms with Crippen molar-refractivity contribution in [1.29, 1.82) is 0 Å². The molecule has 1 aliphatic carbocycles. The normalized spacial score (nSPS) is 17.4. The molecule has 1 aromatic rings. The Morgan fingerprint density at radius 1 is 1.48 bits per heavy atom. The monoisotopic (exact) mass is 285 g/mol. The van der Waals surface area contributed by atoms with E-state index in [1.165, 1.54) is 11.1 Å². The number of rotatable bonds is 3. The van der Waals surface area contributed by atoms with Gasteiger partial charge in [0.25, 0.3) is 0 Å². The maximum absolute atomic E-state index is 12.0. The van der Waals surface area contributed by atoms with Gasteiger partial charge in [0.1, 0.15) is 5.75 Å². The molecule has 1 atom stereocenters. The van der Waals surface area contributed by atoms with Gasteiger partial charge in [0, 0.05) is 6.04 Å². The highest BCUT2D eigenvalue weighted by Gasteiger charge is 2.28. The van der Waals surface area contributed by atoms with Gasteiger partial charge in [-0.05, 0) is 63.9 Å². The lowest BCUT2D eigenvalue weighted by Crippen LogP contribution is -2.26. The maximum Gasteiger partial charge on any atom is 0.316 e. The molecule has 0 aliphatic heterocycles. The summed E-state index contributed by atoms with van der Waals surface area (Å²) in [7, 11) is 2.04. The van der Waals surface area contributed by atoms with Crippen LogP contribution < -0.4 is 4.74 Å². The second kappa shape index (κ2) is 5.91. The van der Waals surface area contributed by atoms with Gasteiger partial charge < -0.3 is 4.74 Å².